The number of hydrogen-bond acceptors (Lipinski definition) is 5. The molecule has 1 aromatic heterocycles. The van der Waals surface area contributed by atoms with Gasteiger partial charge in [0.15, 0.2) is 5.16 Å². The number of nitrogens with zero attached hydrogens (tertiary/aromatic N) is 3. The number of rotatable bonds is 5. The molecule has 7 heteroatoms. The second-order valence-electron chi connectivity index (χ2n) is 5.26. The van der Waals surface area contributed by atoms with Gasteiger partial charge in [-0.15, -0.1) is 10.2 Å². The zero-order valence-corrected chi connectivity index (χ0v) is 11.9. The van der Waals surface area contributed by atoms with Crippen LogP contribution in [0, 0.1) is 11.8 Å². The zero-order chi connectivity index (χ0) is 13.8. The van der Waals surface area contributed by atoms with E-state index in [0.717, 1.165) is 12.5 Å². The lowest BCUT2D eigenvalue weighted by Crippen LogP contribution is -2.19. The first-order valence-electron chi connectivity index (χ1n) is 6.59. The number of anilines is 1. The molecule has 1 fully saturated rings. The van der Waals surface area contributed by atoms with Crippen molar-refractivity contribution in [1.82, 2.24) is 14.8 Å². The Kier molecular flexibility index (Phi) is 4.68. The maximum atomic E-state index is 10.6. The molecule has 1 aromatic rings. The van der Waals surface area contributed by atoms with Crippen LogP contribution in [-0.4, -0.2) is 31.6 Å². The monoisotopic (exact) mass is 284 g/mol. The molecule has 0 bridgehead atoms. The Morgan fingerprint density at radius 3 is 2.74 bits per heavy atom. The van der Waals surface area contributed by atoms with Crippen LogP contribution < -0.4 is 5.73 Å². The van der Waals surface area contributed by atoms with Crippen LogP contribution in [0.4, 0.5) is 5.95 Å². The number of nitrogens with two attached hydrogens (primary N) is 1. The lowest BCUT2D eigenvalue weighted by molar-refractivity contribution is -0.133. The molecular formula is C12H20N4O2S. The van der Waals surface area contributed by atoms with Gasteiger partial charge in [0.25, 0.3) is 0 Å². The van der Waals surface area contributed by atoms with Gasteiger partial charge in [0.2, 0.25) is 5.95 Å². The highest BCUT2D eigenvalue weighted by atomic mass is 32.2. The van der Waals surface area contributed by atoms with Gasteiger partial charge < -0.3 is 10.8 Å². The van der Waals surface area contributed by atoms with E-state index in [0.29, 0.717) is 17.0 Å². The van der Waals surface area contributed by atoms with Crippen LogP contribution in [0.5, 0.6) is 0 Å². The average molecular weight is 284 g/mol. The largest absolute Gasteiger partial charge is 0.481 e. The van der Waals surface area contributed by atoms with E-state index < -0.39 is 5.97 Å². The highest BCUT2D eigenvalue weighted by Crippen LogP contribution is 2.31. The maximum Gasteiger partial charge on any atom is 0.313 e. The van der Waals surface area contributed by atoms with Gasteiger partial charge in [-0.3, -0.25) is 9.36 Å². The van der Waals surface area contributed by atoms with Crippen molar-refractivity contribution < 1.29 is 9.90 Å². The summed E-state index contributed by atoms with van der Waals surface area (Å²) in [4.78, 5) is 10.6. The van der Waals surface area contributed by atoms with Crippen molar-refractivity contribution in [2.75, 3.05) is 11.5 Å². The SMILES string of the molecule is CC1CCC(Cn2c(N)nnc2SCC(=O)O)CC1. The molecule has 1 saturated carbocycles. The van der Waals surface area contributed by atoms with Crippen LogP contribution >= 0.6 is 11.8 Å². The number of thioether (sulfide) groups is 1. The molecule has 1 heterocycles. The maximum absolute atomic E-state index is 10.6. The highest BCUT2D eigenvalue weighted by Gasteiger charge is 2.21. The van der Waals surface area contributed by atoms with Crippen molar-refractivity contribution >= 4 is 23.7 Å². The third-order valence-corrected chi connectivity index (χ3v) is 4.60. The fourth-order valence-electron chi connectivity index (χ4n) is 2.47. The summed E-state index contributed by atoms with van der Waals surface area (Å²) in [5.41, 5.74) is 5.82. The van der Waals surface area contributed by atoms with Crippen molar-refractivity contribution in [3.05, 3.63) is 0 Å². The van der Waals surface area contributed by atoms with Crippen molar-refractivity contribution in [2.24, 2.45) is 11.8 Å². The molecule has 1 aliphatic rings. The smallest absolute Gasteiger partial charge is 0.313 e. The van der Waals surface area contributed by atoms with Crippen molar-refractivity contribution in [3.8, 4) is 0 Å². The fraction of sp³-hybridized carbons (Fsp3) is 0.750. The number of aliphatic carboxylic acids is 1. The van der Waals surface area contributed by atoms with E-state index >= 15 is 0 Å². The second kappa shape index (κ2) is 6.27. The Hall–Kier alpha value is -1.24. The number of carbonyl (C=O) groups is 1. The first-order chi connectivity index (χ1) is 9.06. The number of nitrogen functional groups attached to an aromatic ring is 1. The molecule has 0 aromatic carbocycles. The predicted molar refractivity (Wildman–Crippen MR) is 73.9 cm³/mol. The van der Waals surface area contributed by atoms with Crippen LogP contribution in [0.3, 0.4) is 0 Å². The predicted octanol–water partition coefficient (Wildman–Crippen LogP) is 1.86. The summed E-state index contributed by atoms with van der Waals surface area (Å²) in [6, 6.07) is 0. The third-order valence-electron chi connectivity index (χ3n) is 3.65. The van der Waals surface area contributed by atoms with Gasteiger partial charge in [-0.25, -0.2) is 0 Å². The number of carboxylic acid groups (broad SMARTS) is 1. The molecule has 0 spiro atoms. The molecule has 0 aliphatic heterocycles. The van der Waals surface area contributed by atoms with Crippen LogP contribution in [-0.2, 0) is 11.3 Å². The number of carboxylic acids is 1. The fourth-order valence-corrected chi connectivity index (χ4v) is 3.15. The first kappa shape index (κ1) is 14.2. The molecule has 3 N–H and O–H groups in total. The summed E-state index contributed by atoms with van der Waals surface area (Å²) in [6.45, 7) is 3.09. The van der Waals surface area contributed by atoms with Gasteiger partial charge in [0.1, 0.15) is 0 Å². The molecule has 0 amide bonds. The van der Waals surface area contributed by atoms with Crippen LogP contribution in [0.25, 0.3) is 0 Å². The Balaban J connectivity index is 1.98. The molecule has 1 aliphatic carbocycles. The summed E-state index contributed by atoms with van der Waals surface area (Å²) in [5, 5.41) is 17.1. The van der Waals surface area contributed by atoms with Crippen molar-refractivity contribution in [3.63, 3.8) is 0 Å². The molecule has 106 valence electrons. The highest BCUT2D eigenvalue weighted by molar-refractivity contribution is 7.99. The average Bonchev–Trinajstić information content (AvgIpc) is 2.71. The third kappa shape index (κ3) is 3.86. The summed E-state index contributed by atoms with van der Waals surface area (Å²) in [6.07, 6.45) is 4.90. The lowest BCUT2D eigenvalue weighted by Gasteiger charge is -2.26. The summed E-state index contributed by atoms with van der Waals surface area (Å²) in [7, 11) is 0. The molecule has 6 nitrogen and oxygen atoms in total. The Bertz CT molecular complexity index is 441. The quantitative estimate of drug-likeness (QED) is 0.802. The summed E-state index contributed by atoms with van der Waals surface area (Å²) in [5.74, 6) is 0.921. The Morgan fingerprint density at radius 1 is 1.42 bits per heavy atom. The minimum Gasteiger partial charge on any atom is -0.481 e. The van der Waals surface area contributed by atoms with Gasteiger partial charge in [0, 0.05) is 6.54 Å². The first-order valence-corrected chi connectivity index (χ1v) is 7.58. The van der Waals surface area contributed by atoms with E-state index in [1.807, 2.05) is 4.57 Å². The molecule has 2 rings (SSSR count). The van der Waals surface area contributed by atoms with Gasteiger partial charge in [-0.1, -0.05) is 31.5 Å². The molecule has 0 unspecified atom stereocenters. The molecule has 0 saturated heterocycles. The van der Waals surface area contributed by atoms with Gasteiger partial charge in [-0.2, -0.15) is 0 Å². The second-order valence-corrected chi connectivity index (χ2v) is 6.20. The Labute approximate surface area is 116 Å². The molecule has 0 radical (unpaired) electrons. The summed E-state index contributed by atoms with van der Waals surface area (Å²) < 4.78 is 1.86. The van der Waals surface area contributed by atoms with Gasteiger partial charge in [0.05, 0.1) is 5.75 Å². The van der Waals surface area contributed by atoms with E-state index in [1.54, 1.807) is 0 Å². The zero-order valence-electron chi connectivity index (χ0n) is 11.1. The minimum atomic E-state index is -0.857. The molecular weight excluding hydrogens is 264 g/mol. The minimum absolute atomic E-state index is 0.0141. The van der Waals surface area contributed by atoms with Gasteiger partial charge in [-0.05, 0) is 24.7 Å². The molecule has 0 atom stereocenters. The van der Waals surface area contributed by atoms with Crippen molar-refractivity contribution in [2.45, 2.75) is 44.3 Å². The van der Waals surface area contributed by atoms with E-state index in [1.165, 1.54) is 37.4 Å². The van der Waals surface area contributed by atoms with Crippen molar-refractivity contribution in [1.29, 1.82) is 0 Å². The Morgan fingerprint density at radius 2 is 2.11 bits per heavy atom. The van der Waals surface area contributed by atoms with Gasteiger partial charge >= 0.3 is 5.97 Å². The van der Waals surface area contributed by atoms with E-state index in [4.69, 9.17) is 10.8 Å². The normalized spacial score (nSPS) is 23.4. The molecule has 19 heavy (non-hydrogen) atoms. The standard InChI is InChI=1S/C12H20N4O2S/c1-8-2-4-9(5-3-8)6-16-11(13)14-15-12(16)19-7-10(17)18/h8-9H,2-7H2,1H3,(H2,13,14)(H,17,18). The van der Waals surface area contributed by atoms with E-state index in [-0.39, 0.29) is 5.75 Å². The lowest BCUT2D eigenvalue weighted by atomic mass is 9.83. The number of aromatic nitrogens is 3. The topological polar surface area (TPSA) is 94.0 Å². The van der Waals surface area contributed by atoms with Crippen LogP contribution in [0.2, 0.25) is 0 Å². The summed E-state index contributed by atoms with van der Waals surface area (Å²) >= 11 is 1.17. The van der Waals surface area contributed by atoms with E-state index in [9.17, 15) is 4.79 Å². The van der Waals surface area contributed by atoms with Crippen LogP contribution in [0.15, 0.2) is 5.16 Å². The van der Waals surface area contributed by atoms with Crippen LogP contribution in [0.1, 0.15) is 32.6 Å². The number of hydrogen-bond donors (Lipinski definition) is 2. The van der Waals surface area contributed by atoms with E-state index in [2.05, 4.69) is 17.1 Å².